The van der Waals surface area contributed by atoms with Crippen LogP contribution in [0.4, 0.5) is 0 Å². The minimum Gasteiger partial charge on any atom is -0.0697 e. The van der Waals surface area contributed by atoms with Crippen LogP contribution >= 0.6 is 0 Å². The summed E-state index contributed by atoms with van der Waals surface area (Å²) in [5, 5.41) is 0. The quantitative estimate of drug-likeness (QED) is 0.537. The molecule has 0 spiro atoms. The van der Waals surface area contributed by atoms with Crippen molar-refractivity contribution >= 4 is 0 Å². The lowest BCUT2D eigenvalue weighted by Crippen LogP contribution is -2.04. The van der Waals surface area contributed by atoms with Gasteiger partial charge in [-0.3, -0.25) is 0 Å². The maximum Gasteiger partial charge on any atom is -0.00643 e. The van der Waals surface area contributed by atoms with Gasteiger partial charge < -0.3 is 0 Å². The monoisotopic (exact) mass is 188 g/mol. The lowest BCUT2D eigenvalue weighted by Gasteiger charge is -2.18. The molecule has 0 fully saturated rings. The Hall–Kier alpha value is -1.04. The zero-order valence-electron chi connectivity index (χ0n) is 9.72. The zero-order chi connectivity index (χ0) is 10.6. The van der Waals surface area contributed by atoms with Gasteiger partial charge in [-0.2, -0.15) is 0 Å². The molecular weight excluding hydrogens is 168 g/mol. The van der Waals surface area contributed by atoms with Crippen molar-refractivity contribution in [2.75, 3.05) is 0 Å². The molecule has 0 unspecified atom stereocenters. The highest BCUT2D eigenvalue weighted by Gasteiger charge is 2.10. The molecule has 1 aromatic rings. The molecule has 0 aliphatic heterocycles. The summed E-state index contributed by atoms with van der Waals surface area (Å²) in [5.74, 6) is 0. The van der Waals surface area contributed by atoms with Crippen LogP contribution in [0.1, 0.15) is 38.8 Å². The minimum absolute atomic E-state index is 1.15. The van der Waals surface area contributed by atoms with E-state index < -0.39 is 0 Å². The molecule has 1 aliphatic carbocycles. The van der Waals surface area contributed by atoms with E-state index in [1.807, 2.05) is 13.8 Å². The van der Waals surface area contributed by atoms with Crippen LogP contribution in [-0.4, -0.2) is 0 Å². The minimum atomic E-state index is 1.15. The summed E-state index contributed by atoms with van der Waals surface area (Å²) in [4.78, 5) is 0. The largest absolute Gasteiger partial charge is 0.0697 e. The molecule has 0 saturated heterocycles. The fourth-order valence-corrected chi connectivity index (χ4v) is 1.78. The first-order chi connectivity index (χ1) is 6.77. The van der Waals surface area contributed by atoms with E-state index in [1.54, 1.807) is 11.1 Å². The van der Waals surface area contributed by atoms with Gasteiger partial charge in [-0.15, -0.1) is 0 Å². The highest BCUT2D eigenvalue weighted by atomic mass is 14.2. The Morgan fingerprint density at radius 3 is 1.50 bits per heavy atom. The molecule has 0 aromatic heterocycles. The van der Waals surface area contributed by atoms with Crippen LogP contribution in [0, 0.1) is 0 Å². The van der Waals surface area contributed by atoms with Gasteiger partial charge in [0.2, 0.25) is 0 Å². The topological polar surface area (TPSA) is 0 Å². The van der Waals surface area contributed by atoms with E-state index in [1.165, 1.54) is 11.1 Å². The molecule has 0 atom stereocenters. The van der Waals surface area contributed by atoms with Crippen molar-refractivity contribution in [1.29, 1.82) is 0 Å². The zero-order valence-corrected chi connectivity index (χ0v) is 9.72. The SMILES string of the molecule is CC.CC1=C(C)Cc2ccccc2C1. The Balaban J connectivity index is 0.000000461. The Morgan fingerprint density at radius 2 is 1.14 bits per heavy atom. The third-order valence-corrected chi connectivity index (χ3v) is 2.76. The lowest BCUT2D eigenvalue weighted by molar-refractivity contribution is 0.952. The molecule has 0 heteroatoms. The van der Waals surface area contributed by atoms with Crippen LogP contribution in [0.5, 0.6) is 0 Å². The predicted molar refractivity (Wildman–Crippen MR) is 63.6 cm³/mol. The summed E-state index contributed by atoms with van der Waals surface area (Å²) in [6.07, 6.45) is 2.31. The molecule has 0 saturated carbocycles. The van der Waals surface area contributed by atoms with E-state index in [-0.39, 0.29) is 0 Å². The molecule has 0 nitrogen and oxygen atoms in total. The molecule has 76 valence electrons. The van der Waals surface area contributed by atoms with E-state index in [0.717, 1.165) is 12.8 Å². The molecule has 0 heterocycles. The van der Waals surface area contributed by atoms with E-state index in [4.69, 9.17) is 0 Å². The molecule has 0 amide bonds. The second kappa shape index (κ2) is 4.99. The van der Waals surface area contributed by atoms with Gasteiger partial charge in [0.05, 0.1) is 0 Å². The summed E-state index contributed by atoms with van der Waals surface area (Å²) in [7, 11) is 0. The van der Waals surface area contributed by atoms with Gasteiger partial charge >= 0.3 is 0 Å². The Kier molecular flexibility index (Phi) is 3.94. The van der Waals surface area contributed by atoms with Crippen LogP contribution < -0.4 is 0 Å². The van der Waals surface area contributed by atoms with Gasteiger partial charge in [0.25, 0.3) is 0 Å². The molecular formula is C14H20. The van der Waals surface area contributed by atoms with Crippen LogP contribution in [0.3, 0.4) is 0 Å². The average molecular weight is 188 g/mol. The number of benzene rings is 1. The van der Waals surface area contributed by atoms with Crippen LogP contribution in [0.2, 0.25) is 0 Å². The summed E-state index contributed by atoms with van der Waals surface area (Å²) < 4.78 is 0. The normalized spacial score (nSPS) is 14.3. The first kappa shape index (κ1) is 11.0. The molecule has 0 bridgehead atoms. The average Bonchev–Trinajstić information content (AvgIpc) is 2.23. The molecule has 0 N–H and O–H groups in total. The fraction of sp³-hybridized carbons (Fsp3) is 0.429. The number of rotatable bonds is 0. The van der Waals surface area contributed by atoms with Crippen molar-refractivity contribution in [2.45, 2.75) is 40.5 Å². The van der Waals surface area contributed by atoms with Crippen molar-refractivity contribution in [3.05, 3.63) is 46.5 Å². The number of fused-ring (bicyclic) bond motifs is 1. The van der Waals surface area contributed by atoms with Crippen LogP contribution in [-0.2, 0) is 12.8 Å². The first-order valence-electron chi connectivity index (χ1n) is 5.49. The smallest absolute Gasteiger partial charge is 0.00643 e. The van der Waals surface area contributed by atoms with Gasteiger partial charge in [0.1, 0.15) is 0 Å². The van der Waals surface area contributed by atoms with E-state index in [2.05, 4.69) is 38.1 Å². The van der Waals surface area contributed by atoms with Crippen molar-refractivity contribution in [2.24, 2.45) is 0 Å². The Labute approximate surface area is 87.7 Å². The van der Waals surface area contributed by atoms with Gasteiger partial charge in [-0.25, -0.2) is 0 Å². The summed E-state index contributed by atoms with van der Waals surface area (Å²) in [6, 6.07) is 8.75. The van der Waals surface area contributed by atoms with Gasteiger partial charge in [0, 0.05) is 0 Å². The standard InChI is InChI=1S/C12H14.C2H6/c1-9-7-11-5-3-4-6-12(11)8-10(9)2;1-2/h3-6H,7-8H2,1-2H3;1-2H3. The maximum atomic E-state index is 2.24. The van der Waals surface area contributed by atoms with Crippen molar-refractivity contribution in [3.63, 3.8) is 0 Å². The second-order valence-electron chi connectivity index (χ2n) is 3.68. The fourth-order valence-electron chi connectivity index (χ4n) is 1.78. The van der Waals surface area contributed by atoms with Crippen molar-refractivity contribution < 1.29 is 0 Å². The number of allylic oxidation sites excluding steroid dienone is 2. The third-order valence-electron chi connectivity index (χ3n) is 2.76. The third kappa shape index (κ3) is 2.25. The molecule has 0 radical (unpaired) electrons. The maximum absolute atomic E-state index is 2.24. The predicted octanol–water partition coefficient (Wildman–Crippen LogP) is 4.15. The Morgan fingerprint density at radius 1 is 0.786 bits per heavy atom. The number of hydrogen-bond donors (Lipinski definition) is 0. The number of hydrogen-bond acceptors (Lipinski definition) is 0. The highest BCUT2D eigenvalue weighted by Crippen LogP contribution is 2.24. The van der Waals surface area contributed by atoms with Crippen LogP contribution in [0.15, 0.2) is 35.4 Å². The molecule has 14 heavy (non-hydrogen) atoms. The van der Waals surface area contributed by atoms with Gasteiger partial charge in [-0.05, 0) is 37.8 Å². The van der Waals surface area contributed by atoms with Crippen molar-refractivity contribution in [3.8, 4) is 0 Å². The van der Waals surface area contributed by atoms with Gasteiger partial charge in [0.15, 0.2) is 0 Å². The molecule has 1 aromatic carbocycles. The van der Waals surface area contributed by atoms with E-state index in [0.29, 0.717) is 0 Å². The molecule has 1 aliphatic rings. The van der Waals surface area contributed by atoms with E-state index in [9.17, 15) is 0 Å². The first-order valence-corrected chi connectivity index (χ1v) is 5.49. The van der Waals surface area contributed by atoms with Crippen molar-refractivity contribution in [1.82, 2.24) is 0 Å². The summed E-state index contributed by atoms with van der Waals surface area (Å²) in [6.45, 7) is 8.48. The van der Waals surface area contributed by atoms with Gasteiger partial charge in [-0.1, -0.05) is 49.3 Å². The summed E-state index contributed by atoms with van der Waals surface area (Å²) >= 11 is 0. The second-order valence-corrected chi connectivity index (χ2v) is 3.68. The van der Waals surface area contributed by atoms with Crippen LogP contribution in [0.25, 0.3) is 0 Å². The molecule has 2 rings (SSSR count). The van der Waals surface area contributed by atoms with E-state index >= 15 is 0 Å². The highest BCUT2D eigenvalue weighted by molar-refractivity contribution is 5.39. The Bertz CT molecular complexity index is 299. The summed E-state index contributed by atoms with van der Waals surface area (Å²) in [5.41, 5.74) is 6.13. The lowest BCUT2D eigenvalue weighted by atomic mass is 9.88.